The number of nitrogens with zero attached hydrogens (tertiary/aromatic N) is 2. The molecule has 114 valence electrons. The molecule has 2 heterocycles. The molecule has 1 amide bonds. The summed E-state index contributed by atoms with van der Waals surface area (Å²) in [5.74, 6) is -0.0979. The maximum atomic E-state index is 13.2. The van der Waals surface area contributed by atoms with Crippen LogP contribution in [0.25, 0.3) is 0 Å². The minimum atomic E-state index is -0.370. The maximum absolute atomic E-state index is 13.2. The predicted molar refractivity (Wildman–Crippen MR) is 80.6 cm³/mol. The van der Waals surface area contributed by atoms with Gasteiger partial charge in [-0.3, -0.25) is 9.69 Å². The number of benzene rings is 1. The SMILES string of the molecule is CN1CC2(CCN(Cc3ccc(F)c(Cl)c3)CC2)CC1=O. The molecule has 2 saturated heterocycles. The second kappa shape index (κ2) is 5.58. The highest BCUT2D eigenvalue weighted by atomic mass is 35.5. The third-order valence-corrected chi connectivity index (χ3v) is 5.12. The predicted octanol–water partition coefficient (Wildman–Crippen LogP) is 2.92. The number of carbonyl (C=O) groups is 1. The van der Waals surface area contributed by atoms with Crippen LogP contribution in [-0.2, 0) is 11.3 Å². The number of halogens is 2. The summed E-state index contributed by atoms with van der Waals surface area (Å²) in [5, 5.41) is 0.184. The lowest BCUT2D eigenvalue weighted by atomic mass is 9.77. The highest BCUT2D eigenvalue weighted by Gasteiger charge is 2.43. The molecule has 2 aliphatic heterocycles. The van der Waals surface area contributed by atoms with E-state index in [9.17, 15) is 9.18 Å². The molecule has 0 N–H and O–H groups in total. The van der Waals surface area contributed by atoms with Gasteiger partial charge in [-0.1, -0.05) is 17.7 Å². The monoisotopic (exact) mass is 310 g/mol. The Balaban J connectivity index is 1.59. The number of piperidine rings is 1. The molecule has 0 saturated carbocycles. The zero-order valence-corrected chi connectivity index (χ0v) is 13.0. The molecular weight excluding hydrogens is 291 g/mol. The van der Waals surface area contributed by atoms with Crippen LogP contribution in [0, 0.1) is 11.2 Å². The van der Waals surface area contributed by atoms with Gasteiger partial charge in [-0.2, -0.15) is 0 Å². The van der Waals surface area contributed by atoms with E-state index >= 15 is 0 Å². The molecule has 2 fully saturated rings. The molecule has 0 aromatic heterocycles. The average molecular weight is 311 g/mol. The molecule has 0 radical (unpaired) electrons. The molecule has 0 bridgehead atoms. The summed E-state index contributed by atoms with van der Waals surface area (Å²) in [6.07, 6.45) is 2.80. The van der Waals surface area contributed by atoms with Crippen molar-refractivity contribution in [2.75, 3.05) is 26.7 Å². The van der Waals surface area contributed by atoms with Gasteiger partial charge in [0.25, 0.3) is 0 Å². The number of rotatable bonds is 2. The van der Waals surface area contributed by atoms with Gasteiger partial charge in [0, 0.05) is 26.6 Å². The molecule has 0 unspecified atom stereocenters. The minimum Gasteiger partial charge on any atom is -0.345 e. The first-order valence-corrected chi connectivity index (χ1v) is 7.76. The van der Waals surface area contributed by atoms with Crippen molar-refractivity contribution in [2.24, 2.45) is 5.41 Å². The van der Waals surface area contributed by atoms with Crippen molar-refractivity contribution < 1.29 is 9.18 Å². The van der Waals surface area contributed by atoms with E-state index in [4.69, 9.17) is 11.6 Å². The second-order valence-corrected chi connectivity index (χ2v) is 6.86. The van der Waals surface area contributed by atoms with Crippen LogP contribution in [0.4, 0.5) is 4.39 Å². The van der Waals surface area contributed by atoms with E-state index in [1.54, 1.807) is 12.1 Å². The van der Waals surface area contributed by atoms with Crippen molar-refractivity contribution in [3.8, 4) is 0 Å². The third-order valence-electron chi connectivity index (χ3n) is 4.83. The first-order valence-electron chi connectivity index (χ1n) is 7.38. The van der Waals surface area contributed by atoms with Crippen LogP contribution in [-0.4, -0.2) is 42.4 Å². The summed E-state index contributed by atoms with van der Waals surface area (Å²) in [6.45, 7) is 3.65. The van der Waals surface area contributed by atoms with Crippen LogP contribution in [0.15, 0.2) is 18.2 Å². The van der Waals surface area contributed by atoms with Crippen molar-refractivity contribution in [2.45, 2.75) is 25.8 Å². The van der Waals surface area contributed by atoms with Crippen LogP contribution in [0.3, 0.4) is 0 Å². The summed E-state index contributed by atoms with van der Waals surface area (Å²) >= 11 is 5.83. The molecule has 1 aromatic rings. The van der Waals surface area contributed by atoms with Gasteiger partial charge >= 0.3 is 0 Å². The lowest BCUT2D eigenvalue weighted by molar-refractivity contribution is -0.126. The molecule has 1 spiro atoms. The maximum Gasteiger partial charge on any atom is 0.222 e. The Labute approximate surface area is 129 Å². The first kappa shape index (κ1) is 14.8. The van der Waals surface area contributed by atoms with E-state index in [1.165, 1.54) is 6.07 Å². The number of likely N-dealkylation sites (tertiary alicyclic amines) is 2. The molecule has 0 aliphatic carbocycles. The normalized spacial score (nSPS) is 22.2. The topological polar surface area (TPSA) is 23.6 Å². The summed E-state index contributed by atoms with van der Waals surface area (Å²) in [4.78, 5) is 16.0. The number of hydrogen-bond donors (Lipinski definition) is 0. The Morgan fingerprint density at radius 1 is 1.33 bits per heavy atom. The van der Waals surface area contributed by atoms with Crippen molar-refractivity contribution in [3.05, 3.63) is 34.6 Å². The van der Waals surface area contributed by atoms with Crippen molar-refractivity contribution in [1.29, 1.82) is 0 Å². The van der Waals surface area contributed by atoms with Gasteiger partial charge in [0.05, 0.1) is 5.02 Å². The van der Waals surface area contributed by atoms with E-state index in [-0.39, 0.29) is 22.2 Å². The van der Waals surface area contributed by atoms with E-state index in [0.717, 1.165) is 44.6 Å². The minimum absolute atomic E-state index is 0.183. The van der Waals surface area contributed by atoms with E-state index in [2.05, 4.69) is 4.90 Å². The molecule has 5 heteroatoms. The van der Waals surface area contributed by atoms with Gasteiger partial charge in [0.2, 0.25) is 5.91 Å². The lowest BCUT2D eigenvalue weighted by Crippen LogP contribution is -2.40. The molecule has 3 nitrogen and oxygen atoms in total. The van der Waals surface area contributed by atoms with Crippen molar-refractivity contribution in [3.63, 3.8) is 0 Å². The second-order valence-electron chi connectivity index (χ2n) is 6.45. The molecule has 2 aliphatic rings. The highest BCUT2D eigenvalue weighted by Crippen LogP contribution is 2.40. The van der Waals surface area contributed by atoms with Gasteiger partial charge in [-0.15, -0.1) is 0 Å². The number of carbonyl (C=O) groups excluding carboxylic acids is 1. The lowest BCUT2D eigenvalue weighted by Gasteiger charge is -2.38. The van der Waals surface area contributed by atoms with Crippen LogP contribution < -0.4 is 0 Å². The van der Waals surface area contributed by atoms with Gasteiger partial charge in [-0.05, 0) is 49.0 Å². The van der Waals surface area contributed by atoms with Gasteiger partial charge in [-0.25, -0.2) is 4.39 Å². The Bertz CT molecular complexity index is 555. The fraction of sp³-hybridized carbons (Fsp3) is 0.562. The summed E-state index contributed by atoms with van der Waals surface area (Å²) in [7, 11) is 1.89. The summed E-state index contributed by atoms with van der Waals surface area (Å²) in [5.41, 5.74) is 1.22. The third kappa shape index (κ3) is 3.06. The average Bonchev–Trinajstić information content (AvgIpc) is 2.72. The Kier molecular flexibility index (Phi) is 3.93. The van der Waals surface area contributed by atoms with E-state index in [1.807, 2.05) is 11.9 Å². The molecule has 21 heavy (non-hydrogen) atoms. The Hall–Kier alpha value is -1.13. The van der Waals surface area contributed by atoms with Crippen LogP contribution in [0.2, 0.25) is 5.02 Å². The van der Waals surface area contributed by atoms with Crippen LogP contribution >= 0.6 is 11.6 Å². The fourth-order valence-electron chi connectivity index (χ4n) is 3.52. The zero-order valence-electron chi connectivity index (χ0n) is 12.2. The smallest absolute Gasteiger partial charge is 0.222 e. The van der Waals surface area contributed by atoms with Crippen LogP contribution in [0.1, 0.15) is 24.8 Å². The van der Waals surface area contributed by atoms with Crippen molar-refractivity contribution in [1.82, 2.24) is 9.80 Å². The van der Waals surface area contributed by atoms with Gasteiger partial charge < -0.3 is 4.90 Å². The number of hydrogen-bond acceptors (Lipinski definition) is 2. The van der Waals surface area contributed by atoms with Crippen LogP contribution in [0.5, 0.6) is 0 Å². The first-order chi connectivity index (χ1) is 9.97. The molecule has 1 aromatic carbocycles. The number of amides is 1. The molecular formula is C16H20ClFN2O. The molecule has 0 atom stereocenters. The Morgan fingerprint density at radius 3 is 2.62 bits per heavy atom. The van der Waals surface area contributed by atoms with E-state index in [0.29, 0.717) is 6.42 Å². The highest BCUT2D eigenvalue weighted by molar-refractivity contribution is 6.30. The van der Waals surface area contributed by atoms with Gasteiger partial charge in [0.15, 0.2) is 0 Å². The zero-order chi connectivity index (χ0) is 15.0. The summed E-state index contributed by atoms with van der Waals surface area (Å²) < 4.78 is 13.2. The Morgan fingerprint density at radius 2 is 2.05 bits per heavy atom. The standard InChI is InChI=1S/C16H20ClFN2O/c1-19-11-16(9-15(19)21)4-6-20(7-5-16)10-12-2-3-14(18)13(17)8-12/h2-3,8H,4-7,9-11H2,1H3. The quantitative estimate of drug-likeness (QED) is 0.838. The largest absolute Gasteiger partial charge is 0.345 e. The van der Waals surface area contributed by atoms with E-state index < -0.39 is 0 Å². The van der Waals surface area contributed by atoms with Gasteiger partial charge in [0.1, 0.15) is 5.82 Å². The summed E-state index contributed by atoms with van der Waals surface area (Å²) in [6, 6.07) is 4.92. The fourth-order valence-corrected chi connectivity index (χ4v) is 3.72. The molecule has 3 rings (SSSR count). The van der Waals surface area contributed by atoms with Crippen molar-refractivity contribution >= 4 is 17.5 Å².